The van der Waals surface area contributed by atoms with Crippen LogP contribution in [0.3, 0.4) is 0 Å². The van der Waals surface area contributed by atoms with E-state index >= 15 is 0 Å². The lowest BCUT2D eigenvalue weighted by molar-refractivity contribution is -0.141. The lowest BCUT2D eigenvalue weighted by Crippen LogP contribution is -2.51. The summed E-state index contributed by atoms with van der Waals surface area (Å²) >= 11 is 3.49. The molecular weight excluding hydrogens is 524 g/mol. The van der Waals surface area contributed by atoms with Gasteiger partial charge in [0.05, 0.1) is 0 Å². The van der Waals surface area contributed by atoms with Crippen LogP contribution in [0.5, 0.6) is 0 Å². The van der Waals surface area contributed by atoms with Gasteiger partial charge in [-0.25, -0.2) is 0 Å². The van der Waals surface area contributed by atoms with Gasteiger partial charge in [0, 0.05) is 29.9 Å². The van der Waals surface area contributed by atoms with Gasteiger partial charge in [-0.15, -0.1) is 0 Å². The Bertz CT molecular complexity index is 1330. The lowest BCUT2D eigenvalue weighted by atomic mass is 9.99. The molecular formula is C32H33BrN2O2. The molecule has 0 saturated carbocycles. The summed E-state index contributed by atoms with van der Waals surface area (Å²) in [5.74, 6) is -0.162. The number of carbonyl (C=O) groups is 2. The highest BCUT2D eigenvalue weighted by Gasteiger charge is 2.30. The van der Waals surface area contributed by atoms with Crippen molar-refractivity contribution in [3.63, 3.8) is 0 Å². The minimum Gasteiger partial charge on any atom is -0.352 e. The van der Waals surface area contributed by atoms with Crippen LogP contribution < -0.4 is 5.32 Å². The van der Waals surface area contributed by atoms with E-state index in [2.05, 4.69) is 45.5 Å². The van der Waals surface area contributed by atoms with Crippen molar-refractivity contribution in [1.82, 2.24) is 10.2 Å². The fraction of sp³-hybridized carbons (Fsp3) is 0.250. The maximum absolute atomic E-state index is 13.9. The first-order valence-corrected chi connectivity index (χ1v) is 13.5. The van der Waals surface area contributed by atoms with Gasteiger partial charge in [0.2, 0.25) is 11.8 Å². The Balaban J connectivity index is 1.64. The molecule has 4 aromatic rings. The summed E-state index contributed by atoms with van der Waals surface area (Å²) in [6.45, 7) is 4.25. The third-order valence-corrected chi connectivity index (χ3v) is 6.99. The first-order chi connectivity index (χ1) is 17.9. The van der Waals surface area contributed by atoms with E-state index in [9.17, 15) is 9.59 Å². The maximum Gasteiger partial charge on any atom is 0.243 e. The van der Waals surface area contributed by atoms with E-state index in [1.54, 1.807) is 4.90 Å². The number of rotatable bonds is 10. The fourth-order valence-electron chi connectivity index (χ4n) is 4.62. The van der Waals surface area contributed by atoms with E-state index in [1.165, 1.54) is 0 Å². The molecule has 4 nitrogen and oxygen atoms in total. The zero-order chi connectivity index (χ0) is 26.2. The Kier molecular flexibility index (Phi) is 9.13. The molecule has 0 fully saturated rings. The summed E-state index contributed by atoms with van der Waals surface area (Å²) in [7, 11) is 0. The van der Waals surface area contributed by atoms with E-state index in [0.29, 0.717) is 25.8 Å². The highest BCUT2D eigenvalue weighted by molar-refractivity contribution is 9.10. The second kappa shape index (κ2) is 12.7. The largest absolute Gasteiger partial charge is 0.352 e. The van der Waals surface area contributed by atoms with Crippen LogP contribution >= 0.6 is 15.9 Å². The number of hydrogen-bond donors (Lipinski definition) is 1. The molecule has 4 aromatic carbocycles. The van der Waals surface area contributed by atoms with Crippen molar-refractivity contribution in [2.45, 2.75) is 51.7 Å². The number of hydrogen-bond acceptors (Lipinski definition) is 2. The lowest BCUT2D eigenvalue weighted by Gasteiger charge is -2.32. The van der Waals surface area contributed by atoms with Gasteiger partial charge in [-0.3, -0.25) is 9.59 Å². The van der Waals surface area contributed by atoms with Crippen molar-refractivity contribution < 1.29 is 9.59 Å². The zero-order valence-corrected chi connectivity index (χ0v) is 22.9. The molecule has 5 heteroatoms. The zero-order valence-electron chi connectivity index (χ0n) is 21.4. The van der Waals surface area contributed by atoms with E-state index in [1.807, 2.05) is 86.6 Å². The molecule has 0 saturated heterocycles. The number of fused-ring (bicyclic) bond motifs is 1. The van der Waals surface area contributed by atoms with Gasteiger partial charge in [-0.1, -0.05) is 101 Å². The highest BCUT2D eigenvalue weighted by Crippen LogP contribution is 2.22. The van der Waals surface area contributed by atoms with Crippen LogP contribution in [0.1, 0.15) is 37.0 Å². The molecule has 0 aromatic heterocycles. The van der Waals surface area contributed by atoms with Crippen molar-refractivity contribution in [3.05, 3.63) is 118 Å². The molecule has 0 unspecified atom stereocenters. The second-order valence-corrected chi connectivity index (χ2v) is 10.6. The van der Waals surface area contributed by atoms with Crippen LogP contribution in [0.2, 0.25) is 0 Å². The fourth-order valence-corrected chi connectivity index (χ4v) is 4.88. The molecule has 0 bridgehead atoms. The number of nitrogens with zero attached hydrogens (tertiary/aromatic N) is 1. The van der Waals surface area contributed by atoms with Crippen LogP contribution in [-0.4, -0.2) is 28.8 Å². The van der Waals surface area contributed by atoms with Gasteiger partial charge in [0.25, 0.3) is 0 Å². The minimum atomic E-state index is -0.617. The SMILES string of the molecule is CC(C)NC(=O)[C@@H](Cc1ccccc1)N(Cc1ccc(Br)cc1)C(=O)CCc1cccc2ccccc12. The first kappa shape index (κ1) is 26.6. The summed E-state index contributed by atoms with van der Waals surface area (Å²) in [6.07, 6.45) is 1.39. The average Bonchev–Trinajstić information content (AvgIpc) is 2.90. The number of carbonyl (C=O) groups excluding carboxylic acids is 2. The Hall–Kier alpha value is -3.44. The Labute approximate surface area is 227 Å². The monoisotopic (exact) mass is 556 g/mol. The first-order valence-electron chi connectivity index (χ1n) is 12.8. The van der Waals surface area contributed by atoms with Crippen LogP contribution in [0.25, 0.3) is 10.8 Å². The van der Waals surface area contributed by atoms with E-state index in [0.717, 1.165) is 31.9 Å². The quantitative estimate of drug-likeness (QED) is 0.236. The molecule has 2 amide bonds. The molecule has 0 aliphatic carbocycles. The second-order valence-electron chi connectivity index (χ2n) is 9.66. The van der Waals surface area contributed by atoms with Gasteiger partial charge in [-0.2, -0.15) is 0 Å². The van der Waals surface area contributed by atoms with Crippen molar-refractivity contribution in [1.29, 1.82) is 0 Å². The molecule has 0 aliphatic rings. The van der Waals surface area contributed by atoms with Crippen molar-refractivity contribution in [2.24, 2.45) is 0 Å². The summed E-state index contributed by atoms with van der Waals surface area (Å²) in [5, 5.41) is 5.38. The van der Waals surface area contributed by atoms with E-state index in [4.69, 9.17) is 0 Å². The van der Waals surface area contributed by atoms with Crippen LogP contribution in [-0.2, 0) is 29.0 Å². The molecule has 1 atom stereocenters. The van der Waals surface area contributed by atoms with Crippen molar-refractivity contribution >= 4 is 38.5 Å². The van der Waals surface area contributed by atoms with Crippen molar-refractivity contribution in [2.75, 3.05) is 0 Å². The molecule has 190 valence electrons. The number of aryl methyl sites for hydroxylation is 1. The van der Waals surface area contributed by atoms with Gasteiger partial charge in [-0.05, 0) is 59.9 Å². The van der Waals surface area contributed by atoms with Gasteiger partial charge < -0.3 is 10.2 Å². The number of nitrogens with one attached hydrogen (secondary N) is 1. The number of amides is 2. The summed E-state index contributed by atoms with van der Waals surface area (Å²) in [5.41, 5.74) is 3.15. The van der Waals surface area contributed by atoms with Gasteiger partial charge in [0.1, 0.15) is 6.04 Å². The molecule has 4 rings (SSSR count). The van der Waals surface area contributed by atoms with E-state index in [-0.39, 0.29) is 17.9 Å². The Morgan fingerprint density at radius 3 is 2.22 bits per heavy atom. The number of halogens is 1. The summed E-state index contributed by atoms with van der Waals surface area (Å²) in [6, 6.07) is 31.6. The van der Waals surface area contributed by atoms with E-state index < -0.39 is 6.04 Å². The highest BCUT2D eigenvalue weighted by atomic mass is 79.9. The predicted molar refractivity (Wildman–Crippen MR) is 154 cm³/mol. The van der Waals surface area contributed by atoms with Crippen LogP contribution in [0.15, 0.2) is 102 Å². The summed E-state index contributed by atoms with van der Waals surface area (Å²) < 4.78 is 0.975. The van der Waals surface area contributed by atoms with Crippen molar-refractivity contribution in [3.8, 4) is 0 Å². The standard InChI is InChI=1S/C32H33BrN2O2/c1-23(2)34-32(37)30(21-24-9-4-3-5-10-24)35(22-25-15-18-28(33)19-16-25)31(36)20-17-27-13-8-12-26-11-6-7-14-29(26)27/h3-16,18-19,23,30H,17,20-22H2,1-2H3,(H,34,37)/t30-/m1/s1. The Morgan fingerprint density at radius 1 is 0.811 bits per heavy atom. The molecule has 0 aliphatic heterocycles. The molecule has 1 N–H and O–H groups in total. The Morgan fingerprint density at radius 2 is 1.49 bits per heavy atom. The topological polar surface area (TPSA) is 49.4 Å². The third kappa shape index (κ3) is 7.30. The molecule has 0 spiro atoms. The average molecular weight is 558 g/mol. The van der Waals surface area contributed by atoms with Gasteiger partial charge in [0.15, 0.2) is 0 Å². The normalized spacial score (nSPS) is 11.9. The van der Waals surface area contributed by atoms with Crippen LogP contribution in [0.4, 0.5) is 0 Å². The van der Waals surface area contributed by atoms with Crippen LogP contribution in [0, 0.1) is 0 Å². The maximum atomic E-state index is 13.9. The molecule has 37 heavy (non-hydrogen) atoms. The predicted octanol–water partition coefficient (Wildman–Crippen LogP) is 6.70. The molecule has 0 heterocycles. The summed E-state index contributed by atoms with van der Waals surface area (Å²) in [4.78, 5) is 29.1. The van der Waals surface area contributed by atoms with Gasteiger partial charge >= 0.3 is 0 Å². The minimum absolute atomic E-state index is 0.0221. The molecule has 0 radical (unpaired) electrons. The smallest absolute Gasteiger partial charge is 0.243 e. The third-order valence-electron chi connectivity index (χ3n) is 6.46. The number of benzene rings is 4.